The van der Waals surface area contributed by atoms with Crippen molar-refractivity contribution in [3.63, 3.8) is 0 Å². The van der Waals surface area contributed by atoms with Crippen LogP contribution in [0.25, 0.3) is 11.1 Å². The van der Waals surface area contributed by atoms with Crippen LogP contribution in [0.2, 0.25) is 0 Å². The van der Waals surface area contributed by atoms with E-state index >= 15 is 0 Å². The normalized spacial score (nSPS) is 18.0. The predicted octanol–water partition coefficient (Wildman–Crippen LogP) is 3.17. The molecule has 0 saturated carbocycles. The molecule has 1 aromatic carbocycles. The highest BCUT2D eigenvalue weighted by atomic mass is 19.1. The third-order valence-electron chi connectivity index (χ3n) is 3.56. The molecule has 0 bridgehead atoms. The lowest BCUT2D eigenvalue weighted by Gasteiger charge is -2.19. The summed E-state index contributed by atoms with van der Waals surface area (Å²) in [5.74, 6) is 0.592. The highest BCUT2D eigenvalue weighted by molar-refractivity contribution is 5.76. The Bertz CT molecular complexity index is 649. The maximum Gasteiger partial charge on any atom is 0.147 e. The van der Waals surface area contributed by atoms with Gasteiger partial charge in [0.1, 0.15) is 23.6 Å². The van der Waals surface area contributed by atoms with Crippen LogP contribution in [0.3, 0.4) is 0 Å². The first kappa shape index (κ1) is 12.6. The first-order valence-electron chi connectivity index (χ1n) is 6.63. The summed E-state index contributed by atoms with van der Waals surface area (Å²) in [6.07, 6.45) is 1.36. The van der Waals surface area contributed by atoms with Crippen LogP contribution in [0.4, 0.5) is 10.2 Å². The maximum absolute atomic E-state index is 13.4. The van der Waals surface area contributed by atoms with Crippen molar-refractivity contribution in [2.75, 3.05) is 18.0 Å². The van der Waals surface area contributed by atoms with Crippen LogP contribution in [-0.4, -0.2) is 24.2 Å². The molecule has 1 unspecified atom stereocenters. The molecular weight excluding hydrogens is 253 g/mol. The average molecular weight is 267 g/mol. The van der Waals surface area contributed by atoms with Crippen molar-refractivity contribution in [2.24, 2.45) is 0 Å². The number of rotatable bonds is 2. The molecule has 0 radical (unpaired) electrons. The van der Waals surface area contributed by atoms with Crippen LogP contribution >= 0.6 is 0 Å². The van der Waals surface area contributed by atoms with Crippen LogP contribution in [0, 0.1) is 11.3 Å². The minimum Gasteiger partial charge on any atom is -0.352 e. The summed E-state index contributed by atoms with van der Waals surface area (Å²) >= 11 is 0. The monoisotopic (exact) mass is 267 g/mol. The van der Waals surface area contributed by atoms with Gasteiger partial charge in [0.25, 0.3) is 0 Å². The molecule has 2 heterocycles. The molecule has 0 amide bonds. The highest BCUT2D eigenvalue weighted by Crippen LogP contribution is 2.30. The van der Waals surface area contributed by atoms with Gasteiger partial charge in [0, 0.05) is 18.3 Å². The predicted molar refractivity (Wildman–Crippen MR) is 76.1 cm³/mol. The second-order valence-corrected chi connectivity index (χ2v) is 4.87. The molecule has 1 aliphatic heterocycles. The number of hydrogen-bond acceptors (Lipinski definition) is 3. The van der Waals surface area contributed by atoms with Gasteiger partial charge in [0.15, 0.2) is 0 Å². The average Bonchev–Trinajstić information content (AvgIpc) is 2.93. The molecule has 0 spiro atoms. The number of benzene rings is 1. The van der Waals surface area contributed by atoms with Crippen LogP contribution < -0.4 is 4.90 Å². The van der Waals surface area contributed by atoms with E-state index in [0.717, 1.165) is 11.1 Å². The van der Waals surface area contributed by atoms with E-state index in [0.29, 0.717) is 30.9 Å². The molecular formula is C16H14FN3. The summed E-state index contributed by atoms with van der Waals surface area (Å²) in [7, 11) is 0. The molecule has 4 heteroatoms. The fourth-order valence-corrected chi connectivity index (χ4v) is 2.57. The standard InChI is InChI=1S/C16H14FN3/c17-13-7-9-20(11-13)16-15(10-18)14(6-8-19-16)12-4-2-1-3-5-12/h1-6,8,13H,7,9,11H2. The number of pyridine rings is 1. The lowest BCUT2D eigenvalue weighted by molar-refractivity contribution is 0.364. The van der Waals surface area contributed by atoms with Crippen LogP contribution in [0.5, 0.6) is 0 Å². The summed E-state index contributed by atoms with van der Waals surface area (Å²) in [6.45, 7) is 0.932. The molecule has 0 N–H and O–H groups in total. The van der Waals surface area contributed by atoms with Crippen molar-refractivity contribution in [1.29, 1.82) is 5.26 Å². The molecule has 1 atom stereocenters. The van der Waals surface area contributed by atoms with E-state index in [-0.39, 0.29) is 0 Å². The number of alkyl halides is 1. The highest BCUT2D eigenvalue weighted by Gasteiger charge is 2.25. The van der Waals surface area contributed by atoms with Crippen molar-refractivity contribution in [3.8, 4) is 17.2 Å². The van der Waals surface area contributed by atoms with Gasteiger partial charge in [0.05, 0.1) is 6.54 Å². The van der Waals surface area contributed by atoms with Gasteiger partial charge < -0.3 is 4.90 Å². The number of aromatic nitrogens is 1. The van der Waals surface area contributed by atoms with Crippen molar-refractivity contribution < 1.29 is 4.39 Å². The third kappa shape index (κ3) is 2.23. The topological polar surface area (TPSA) is 39.9 Å². The molecule has 100 valence electrons. The lowest BCUT2D eigenvalue weighted by Crippen LogP contribution is -2.22. The van der Waals surface area contributed by atoms with E-state index < -0.39 is 6.17 Å². The molecule has 3 rings (SSSR count). The Morgan fingerprint density at radius 1 is 1.25 bits per heavy atom. The largest absolute Gasteiger partial charge is 0.352 e. The fourth-order valence-electron chi connectivity index (χ4n) is 2.57. The SMILES string of the molecule is N#Cc1c(-c2ccccc2)ccnc1N1CCC(F)C1. The molecule has 1 aliphatic rings. The van der Waals surface area contributed by atoms with Gasteiger partial charge in [-0.05, 0) is 18.1 Å². The molecule has 0 aliphatic carbocycles. The first-order valence-corrected chi connectivity index (χ1v) is 6.63. The second-order valence-electron chi connectivity index (χ2n) is 4.87. The Kier molecular flexibility index (Phi) is 3.34. The Morgan fingerprint density at radius 3 is 2.70 bits per heavy atom. The summed E-state index contributed by atoms with van der Waals surface area (Å²) in [6, 6.07) is 13.8. The Morgan fingerprint density at radius 2 is 2.05 bits per heavy atom. The number of halogens is 1. The second kappa shape index (κ2) is 5.30. The van der Waals surface area contributed by atoms with Crippen molar-refractivity contribution in [1.82, 2.24) is 4.98 Å². The molecule has 2 aromatic rings. The zero-order chi connectivity index (χ0) is 13.9. The van der Waals surface area contributed by atoms with E-state index in [9.17, 15) is 9.65 Å². The van der Waals surface area contributed by atoms with Crippen LogP contribution in [-0.2, 0) is 0 Å². The van der Waals surface area contributed by atoms with E-state index in [4.69, 9.17) is 0 Å². The number of hydrogen-bond donors (Lipinski definition) is 0. The summed E-state index contributed by atoms with van der Waals surface area (Å²) in [5, 5.41) is 9.48. The van der Waals surface area contributed by atoms with Gasteiger partial charge in [0.2, 0.25) is 0 Å². The summed E-state index contributed by atoms with van der Waals surface area (Å²) < 4.78 is 13.4. The smallest absolute Gasteiger partial charge is 0.147 e. The minimum absolute atomic E-state index is 0.319. The Hall–Kier alpha value is -2.41. The number of anilines is 1. The molecule has 20 heavy (non-hydrogen) atoms. The Labute approximate surface area is 117 Å². The van der Waals surface area contributed by atoms with E-state index in [1.54, 1.807) is 6.20 Å². The van der Waals surface area contributed by atoms with Crippen molar-refractivity contribution >= 4 is 5.82 Å². The zero-order valence-electron chi connectivity index (χ0n) is 11.0. The van der Waals surface area contributed by atoms with E-state index in [1.165, 1.54) is 0 Å². The van der Waals surface area contributed by atoms with Gasteiger partial charge >= 0.3 is 0 Å². The lowest BCUT2D eigenvalue weighted by atomic mass is 10.0. The molecule has 3 nitrogen and oxygen atoms in total. The van der Waals surface area contributed by atoms with Gasteiger partial charge in [-0.2, -0.15) is 5.26 Å². The molecule has 1 aromatic heterocycles. The fraction of sp³-hybridized carbons (Fsp3) is 0.250. The van der Waals surface area contributed by atoms with Crippen molar-refractivity contribution in [2.45, 2.75) is 12.6 Å². The van der Waals surface area contributed by atoms with E-state index in [2.05, 4.69) is 11.1 Å². The van der Waals surface area contributed by atoms with Gasteiger partial charge in [-0.3, -0.25) is 0 Å². The van der Waals surface area contributed by atoms with Gasteiger partial charge in [-0.25, -0.2) is 9.37 Å². The summed E-state index contributed by atoms with van der Waals surface area (Å²) in [5.41, 5.74) is 2.34. The van der Waals surface area contributed by atoms with Crippen LogP contribution in [0.15, 0.2) is 42.6 Å². The quantitative estimate of drug-likeness (QED) is 0.839. The molecule has 1 fully saturated rings. The number of nitriles is 1. The van der Waals surface area contributed by atoms with Gasteiger partial charge in [-0.15, -0.1) is 0 Å². The van der Waals surface area contributed by atoms with Crippen LogP contribution in [0.1, 0.15) is 12.0 Å². The van der Waals surface area contributed by atoms with Gasteiger partial charge in [-0.1, -0.05) is 30.3 Å². The zero-order valence-corrected chi connectivity index (χ0v) is 11.0. The third-order valence-corrected chi connectivity index (χ3v) is 3.56. The summed E-state index contributed by atoms with van der Waals surface area (Å²) in [4.78, 5) is 6.15. The first-order chi connectivity index (χ1) is 9.79. The number of nitrogens with zero attached hydrogens (tertiary/aromatic N) is 3. The minimum atomic E-state index is -0.830. The maximum atomic E-state index is 13.4. The Balaban J connectivity index is 2.07. The van der Waals surface area contributed by atoms with Crippen molar-refractivity contribution in [3.05, 3.63) is 48.2 Å². The molecule has 1 saturated heterocycles. The van der Waals surface area contributed by atoms with E-state index in [1.807, 2.05) is 41.3 Å².